The summed E-state index contributed by atoms with van der Waals surface area (Å²) >= 11 is 0. The van der Waals surface area contributed by atoms with Crippen molar-refractivity contribution in [1.82, 2.24) is 4.31 Å². The van der Waals surface area contributed by atoms with Gasteiger partial charge in [0, 0.05) is 12.6 Å². The minimum atomic E-state index is -3.40. The zero-order chi connectivity index (χ0) is 13.6. The smallest absolute Gasteiger partial charge is 0.243 e. The Morgan fingerprint density at radius 2 is 1.84 bits per heavy atom. The Bertz CT molecular complexity index is 567. The van der Waals surface area contributed by atoms with Crippen LogP contribution in [0.1, 0.15) is 25.3 Å². The van der Waals surface area contributed by atoms with E-state index in [9.17, 15) is 8.42 Å². The molecule has 0 amide bonds. The number of hydrogen-bond donors (Lipinski definition) is 0. The quantitative estimate of drug-likeness (QED) is 0.778. The molecule has 0 saturated carbocycles. The molecular formula is C14H19NO3S. The summed E-state index contributed by atoms with van der Waals surface area (Å²) < 4.78 is 32.5. The first-order valence-corrected chi connectivity index (χ1v) is 8.16. The van der Waals surface area contributed by atoms with Crippen LogP contribution in [-0.2, 0) is 14.8 Å². The molecule has 0 aliphatic carbocycles. The van der Waals surface area contributed by atoms with Crippen LogP contribution in [0.3, 0.4) is 0 Å². The molecule has 3 rings (SSSR count). The lowest BCUT2D eigenvalue weighted by Crippen LogP contribution is -2.40. The van der Waals surface area contributed by atoms with Gasteiger partial charge in [0.15, 0.2) is 0 Å². The van der Waals surface area contributed by atoms with Gasteiger partial charge in [-0.3, -0.25) is 0 Å². The standard InChI is InChI=1S/C14H19NO3S/c1-10-3-6-12(7-4-10)19(16,17)15-9-14-13(18-14)8-5-11(15)2/h3-4,6-7,11,13-14H,5,8-9H2,1-2H3/t11-,13-,14+/m1/s1. The second kappa shape index (κ2) is 4.58. The van der Waals surface area contributed by atoms with Gasteiger partial charge >= 0.3 is 0 Å². The Hall–Kier alpha value is -0.910. The first kappa shape index (κ1) is 13.1. The van der Waals surface area contributed by atoms with Gasteiger partial charge in [0.25, 0.3) is 0 Å². The fourth-order valence-corrected chi connectivity index (χ4v) is 4.35. The zero-order valence-electron chi connectivity index (χ0n) is 11.2. The fraction of sp³-hybridized carbons (Fsp3) is 0.571. The SMILES string of the molecule is Cc1ccc(S(=O)(=O)N2C[C@@H]3O[C@@H]3CC[C@H]2C)cc1. The van der Waals surface area contributed by atoms with Crippen LogP contribution in [-0.4, -0.2) is 37.5 Å². The third kappa shape index (κ3) is 2.42. The molecule has 2 heterocycles. The molecule has 2 fully saturated rings. The summed E-state index contributed by atoms with van der Waals surface area (Å²) in [6, 6.07) is 7.10. The normalized spacial score (nSPS) is 31.6. The van der Waals surface area contributed by atoms with Gasteiger partial charge in [0.2, 0.25) is 10.0 Å². The van der Waals surface area contributed by atoms with Crippen molar-refractivity contribution in [3.8, 4) is 0 Å². The van der Waals surface area contributed by atoms with E-state index < -0.39 is 10.0 Å². The first-order valence-electron chi connectivity index (χ1n) is 6.72. The van der Waals surface area contributed by atoms with Crippen molar-refractivity contribution in [1.29, 1.82) is 0 Å². The van der Waals surface area contributed by atoms with E-state index in [-0.39, 0.29) is 18.2 Å². The monoisotopic (exact) mass is 281 g/mol. The predicted molar refractivity (Wildman–Crippen MR) is 72.4 cm³/mol. The second-order valence-corrected chi connectivity index (χ2v) is 7.42. The van der Waals surface area contributed by atoms with Gasteiger partial charge in [-0.25, -0.2) is 8.42 Å². The van der Waals surface area contributed by atoms with E-state index in [0.29, 0.717) is 11.4 Å². The molecule has 5 heteroatoms. The van der Waals surface area contributed by atoms with Crippen LogP contribution in [0.4, 0.5) is 0 Å². The molecule has 3 atom stereocenters. The molecule has 0 radical (unpaired) electrons. The number of rotatable bonds is 2. The molecule has 2 saturated heterocycles. The largest absolute Gasteiger partial charge is 0.368 e. The Balaban J connectivity index is 1.91. The van der Waals surface area contributed by atoms with Crippen LogP contribution in [0.25, 0.3) is 0 Å². The lowest BCUT2D eigenvalue weighted by Gasteiger charge is -2.26. The third-order valence-electron chi connectivity index (χ3n) is 4.04. The summed E-state index contributed by atoms with van der Waals surface area (Å²) in [5.74, 6) is 0. The molecule has 0 bridgehead atoms. The second-order valence-electron chi connectivity index (χ2n) is 5.53. The molecule has 19 heavy (non-hydrogen) atoms. The van der Waals surface area contributed by atoms with E-state index in [1.54, 1.807) is 16.4 Å². The van der Waals surface area contributed by atoms with Gasteiger partial charge in [0.1, 0.15) is 0 Å². The van der Waals surface area contributed by atoms with E-state index in [4.69, 9.17) is 4.74 Å². The fourth-order valence-electron chi connectivity index (χ4n) is 2.68. The summed E-state index contributed by atoms with van der Waals surface area (Å²) in [6.07, 6.45) is 2.21. The van der Waals surface area contributed by atoms with Crippen LogP contribution in [0.2, 0.25) is 0 Å². The van der Waals surface area contributed by atoms with E-state index >= 15 is 0 Å². The average molecular weight is 281 g/mol. The van der Waals surface area contributed by atoms with Crippen LogP contribution in [0, 0.1) is 6.92 Å². The number of nitrogens with zero attached hydrogens (tertiary/aromatic N) is 1. The van der Waals surface area contributed by atoms with Crippen molar-refractivity contribution in [2.45, 2.75) is 49.8 Å². The van der Waals surface area contributed by atoms with Gasteiger partial charge in [-0.15, -0.1) is 0 Å². The van der Waals surface area contributed by atoms with E-state index in [2.05, 4.69) is 0 Å². The minimum Gasteiger partial charge on any atom is -0.368 e. The number of sulfonamides is 1. The molecule has 0 aromatic heterocycles. The minimum absolute atomic E-state index is 0.0442. The van der Waals surface area contributed by atoms with Crippen molar-refractivity contribution >= 4 is 10.0 Å². The maximum atomic E-state index is 12.7. The first-order chi connectivity index (χ1) is 8.98. The Morgan fingerprint density at radius 1 is 1.16 bits per heavy atom. The van der Waals surface area contributed by atoms with Crippen LogP contribution >= 0.6 is 0 Å². The van der Waals surface area contributed by atoms with Crippen molar-refractivity contribution in [3.63, 3.8) is 0 Å². The summed E-state index contributed by atoms with van der Waals surface area (Å²) in [6.45, 7) is 4.42. The average Bonchev–Trinajstić information content (AvgIpc) is 3.12. The van der Waals surface area contributed by atoms with Gasteiger partial charge in [0.05, 0.1) is 17.1 Å². The van der Waals surface area contributed by atoms with Crippen molar-refractivity contribution in [2.75, 3.05) is 6.54 Å². The zero-order valence-corrected chi connectivity index (χ0v) is 12.1. The van der Waals surface area contributed by atoms with Crippen LogP contribution in [0.15, 0.2) is 29.2 Å². The van der Waals surface area contributed by atoms with E-state index in [1.165, 1.54) is 0 Å². The van der Waals surface area contributed by atoms with Crippen LogP contribution < -0.4 is 0 Å². The molecular weight excluding hydrogens is 262 g/mol. The highest BCUT2D eigenvalue weighted by molar-refractivity contribution is 7.89. The summed E-state index contributed by atoms with van der Waals surface area (Å²) in [5, 5.41) is 0. The molecule has 2 aliphatic rings. The highest BCUT2D eigenvalue weighted by Gasteiger charge is 2.46. The Labute approximate surface area is 114 Å². The lowest BCUT2D eigenvalue weighted by atomic mass is 10.1. The predicted octanol–water partition coefficient (Wildman–Crippen LogP) is 1.94. The van der Waals surface area contributed by atoms with E-state index in [1.807, 2.05) is 26.0 Å². The van der Waals surface area contributed by atoms with E-state index in [0.717, 1.165) is 18.4 Å². The highest BCUT2D eigenvalue weighted by atomic mass is 32.2. The maximum absolute atomic E-state index is 12.7. The Kier molecular flexibility index (Phi) is 3.15. The topological polar surface area (TPSA) is 49.9 Å². The van der Waals surface area contributed by atoms with Crippen molar-refractivity contribution in [2.24, 2.45) is 0 Å². The molecule has 2 aliphatic heterocycles. The summed E-state index contributed by atoms with van der Waals surface area (Å²) in [7, 11) is -3.40. The Morgan fingerprint density at radius 3 is 2.53 bits per heavy atom. The van der Waals surface area contributed by atoms with Crippen molar-refractivity contribution < 1.29 is 13.2 Å². The number of fused-ring (bicyclic) bond motifs is 1. The summed E-state index contributed by atoms with van der Waals surface area (Å²) in [4.78, 5) is 0.379. The van der Waals surface area contributed by atoms with Gasteiger partial charge in [-0.1, -0.05) is 17.7 Å². The molecule has 0 N–H and O–H groups in total. The van der Waals surface area contributed by atoms with Gasteiger partial charge in [-0.05, 0) is 38.8 Å². The summed E-state index contributed by atoms with van der Waals surface area (Å²) in [5.41, 5.74) is 1.06. The number of benzene rings is 1. The number of ether oxygens (including phenoxy) is 1. The highest BCUT2D eigenvalue weighted by Crippen LogP contribution is 2.35. The molecule has 4 nitrogen and oxygen atoms in total. The van der Waals surface area contributed by atoms with Gasteiger partial charge in [-0.2, -0.15) is 4.31 Å². The van der Waals surface area contributed by atoms with Crippen molar-refractivity contribution in [3.05, 3.63) is 29.8 Å². The molecule has 0 unspecified atom stereocenters. The third-order valence-corrected chi connectivity index (χ3v) is 6.03. The molecule has 1 aromatic carbocycles. The molecule has 0 spiro atoms. The van der Waals surface area contributed by atoms with Gasteiger partial charge < -0.3 is 4.74 Å². The van der Waals surface area contributed by atoms with Crippen LogP contribution in [0.5, 0.6) is 0 Å². The number of hydrogen-bond acceptors (Lipinski definition) is 3. The number of aryl methyl sites for hydroxylation is 1. The molecule has 1 aromatic rings. The number of epoxide rings is 1. The lowest BCUT2D eigenvalue weighted by molar-refractivity contribution is 0.256. The maximum Gasteiger partial charge on any atom is 0.243 e. The molecule has 104 valence electrons.